The van der Waals surface area contributed by atoms with E-state index >= 15 is 0 Å². The molecular formula is C16H21N3O2. The number of aromatic nitrogens is 1. The Morgan fingerprint density at radius 3 is 3.19 bits per heavy atom. The number of amides is 1. The Hall–Kier alpha value is -2.01. The van der Waals surface area contributed by atoms with E-state index in [1.807, 2.05) is 0 Å². The lowest BCUT2D eigenvalue weighted by Crippen LogP contribution is -2.28. The van der Waals surface area contributed by atoms with Crippen molar-refractivity contribution < 1.29 is 23.2 Å². The van der Waals surface area contributed by atoms with Crippen molar-refractivity contribution in [2.45, 2.75) is 18.8 Å². The maximum Gasteiger partial charge on any atom is 0.407 e. The number of H-pyrrole nitrogens is 1. The van der Waals surface area contributed by atoms with Gasteiger partial charge in [0.1, 0.15) is 6.61 Å². The van der Waals surface area contributed by atoms with Gasteiger partial charge < -0.3 is 19.9 Å². The molecule has 1 amide bonds. The van der Waals surface area contributed by atoms with E-state index in [9.17, 15) is 4.79 Å². The number of hydrogen-bond donors (Lipinski definition) is 2. The van der Waals surface area contributed by atoms with Crippen LogP contribution in [0.2, 0.25) is 0 Å². The molecule has 0 saturated carbocycles. The van der Waals surface area contributed by atoms with Crippen molar-refractivity contribution >= 4 is 17.0 Å². The summed E-state index contributed by atoms with van der Waals surface area (Å²) >= 11 is 0. The molecule has 21 heavy (non-hydrogen) atoms. The Kier molecular flexibility index (Phi) is 1.76. The van der Waals surface area contributed by atoms with E-state index in [2.05, 4.69) is 10.3 Å². The van der Waals surface area contributed by atoms with Gasteiger partial charge in [-0.05, 0) is 50.0 Å². The minimum Gasteiger partial charge on any atom is -0.447 e. The third kappa shape index (κ3) is 3.19. The van der Waals surface area contributed by atoms with E-state index in [0.29, 0.717) is 10.9 Å². The van der Waals surface area contributed by atoms with E-state index in [0.717, 1.165) is 0 Å². The Bertz CT molecular complexity index is 968. The lowest BCUT2D eigenvalue weighted by molar-refractivity contribution is 0.177. The smallest absolute Gasteiger partial charge is 0.407 e. The van der Waals surface area contributed by atoms with E-state index < -0.39 is 45.4 Å². The fraction of sp³-hybridized carbons (Fsp3) is 0.438. The number of carbonyl (C=O) groups is 1. The first kappa shape index (κ1) is 6.40. The van der Waals surface area contributed by atoms with E-state index in [4.69, 9.17) is 18.4 Å². The van der Waals surface area contributed by atoms with E-state index in [1.165, 1.54) is 18.3 Å². The summed E-state index contributed by atoms with van der Waals surface area (Å²) in [6.07, 6.45) is -1.86. The molecule has 2 N–H and O–H groups in total. The van der Waals surface area contributed by atoms with Gasteiger partial charge in [0, 0.05) is 37.3 Å². The maximum absolute atomic E-state index is 11.3. The third-order valence-corrected chi connectivity index (χ3v) is 3.21. The Morgan fingerprint density at radius 2 is 2.43 bits per heavy atom. The molecule has 3 rings (SSSR count). The quantitative estimate of drug-likeness (QED) is 0.886. The molecule has 0 radical (unpaired) electrons. The van der Waals surface area contributed by atoms with Crippen LogP contribution in [-0.2, 0) is 17.5 Å². The summed E-state index contributed by atoms with van der Waals surface area (Å²) < 4.78 is 82.8. The van der Waals surface area contributed by atoms with Crippen LogP contribution in [0.15, 0.2) is 24.4 Å². The molecule has 2 aromatic rings. The molecule has 0 aliphatic carbocycles. The van der Waals surface area contributed by atoms with Crippen molar-refractivity contribution in [3.63, 3.8) is 0 Å². The second-order valence-electron chi connectivity index (χ2n) is 4.68. The highest BCUT2D eigenvalue weighted by molar-refractivity contribution is 5.84. The van der Waals surface area contributed by atoms with Crippen molar-refractivity contribution in [2.24, 2.45) is 0 Å². The molecule has 0 unspecified atom stereocenters. The molecule has 5 heteroatoms. The van der Waals surface area contributed by atoms with Crippen LogP contribution in [0.3, 0.4) is 0 Å². The molecule has 5 nitrogen and oxygen atoms in total. The SMILES string of the molecule is [2H]C([2H])(c1ccc2[nH]cc(CC([2H])([2H])N(C([2H])([2H])[2H])C([2H])([2H])[2H])c2c1)[C@H]1COC(=O)N1. The largest absolute Gasteiger partial charge is 0.447 e. The number of nitrogens with one attached hydrogen (secondary N) is 2. The van der Waals surface area contributed by atoms with Crippen molar-refractivity contribution in [3.05, 3.63) is 35.5 Å². The number of hydrogen-bond acceptors (Lipinski definition) is 3. The summed E-state index contributed by atoms with van der Waals surface area (Å²) in [4.78, 5) is 14.1. The van der Waals surface area contributed by atoms with Gasteiger partial charge in [0.05, 0.1) is 6.04 Å². The predicted octanol–water partition coefficient (Wildman–Crippen LogP) is 1.92. The van der Waals surface area contributed by atoms with Crippen molar-refractivity contribution in [2.75, 3.05) is 27.1 Å². The van der Waals surface area contributed by atoms with Gasteiger partial charge in [-0.1, -0.05) is 6.07 Å². The number of cyclic esters (lactones) is 1. The minimum atomic E-state index is -3.20. The molecule has 112 valence electrons. The number of aryl methyl sites for hydroxylation is 1. The molecule has 0 spiro atoms. The number of benzene rings is 1. The van der Waals surface area contributed by atoms with Crippen molar-refractivity contribution in [1.82, 2.24) is 15.2 Å². The fourth-order valence-electron chi connectivity index (χ4n) is 2.24. The predicted molar refractivity (Wildman–Crippen MR) is 82.5 cm³/mol. The summed E-state index contributed by atoms with van der Waals surface area (Å²) in [6.45, 7) is -9.32. The topological polar surface area (TPSA) is 57.4 Å². The highest BCUT2D eigenvalue weighted by Crippen LogP contribution is 2.21. The van der Waals surface area contributed by atoms with E-state index in [1.54, 1.807) is 6.07 Å². The zero-order valence-electron chi connectivity index (χ0n) is 21.1. The summed E-state index contributed by atoms with van der Waals surface area (Å²) in [7, 11) is 0. The summed E-state index contributed by atoms with van der Waals surface area (Å²) in [6, 6.07) is 3.63. The summed E-state index contributed by atoms with van der Waals surface area (Å²) in [5.41, 5.74) is 1.01. The first-order valence-corrected chi connectivity index (χ1v) is 6.38. The zero-order chi connectivity index (χ0) is 23.4. The number of carbonyl (C=O) groups excluding carboxylic acids is 1. The zero-order valence-corrected chi connectivity index (χ0v) is 11.1. The Morgan fingerprint density at radius 1 is 1.52 bits per heavy atom. The average molecular weight is 297 g/mol. The molecule has 1 aliphatic heterocycles. The monoisotopic (exact) mass is 297 g/mol. The van der Waals surface area contributed by atoms with Gasteiger partial charge in [0.2, 0.25) is 0 Å². The molecule has 1 aromatic carbocycles. The van der Waals surface area contributed by atoms with Crippen LogP contribution in [0.25, 0.3) is 10.9 Å². The number of aromatic amines is 1. The van der Waals surface area contributed by atoms with Crippen LogP contribution < -0.4 is 5.32 Å². The fourth-order valence-corrected chi connectivity index (χ4v) is 2.24. The average Bonchev–Trinajstić information content (AvgIpc) is 3.18. The molecule has 1 saturated heterocycles. The lowest BCUT2D eigenvalue weighted by Gasteiger charge is -2.09. The molecule has 2 heterocycles. The van der Waals surface area contributed by atoms with Gasteiger partial charge >= 0.3 is 6.09 Å². The number of fused-ring (bicyclic) bond motifs is 1. The Balaban J connectivity index is 1.98. The number of rotatable bonds is 5. The second kappa shape index (κ2) is 5.77. The molecule has 1 aliphatic rings. The third-order valence-electron chi connectivity index (χ3n) is 3.21. The van der Waals surface area contributed by atoms with Crippen LogP contribution in [-0.4, -0.2) is 49.1 Å². The number of likely N-dealkylation sites (N-methyl/N-ethyl adjacent to an activating group) is 1. The molecular weight excluding hydrogens is 266 g/mol. The molecule has 0 bridgehead atoms. The highest BCUT2D eigenvalue weighted by Gasteiger charge is 2.22. The van der Waals surface area contributed by atoms with Crippen LogP contribution >= 0.6 is 0 Å². The summed E-state index contributed by atoms with van der Waals surface area (Å²) in [5.74, 6) is 0. The van der Waals surface area contributed by atoms with Crippen LogP contribution in [0.5, 0.6) is 0 Å². The van der Waals surface area contributed by atoms with Gasteiger partial charge in [-0.2, -0.15) is 0 Å². The van der Waals surface area contributed by atoms with Gasteiger partial charge in [0.25, 0.3) is 0 Å². The second-order valence-corrected chi connectivity index (χ2v) is 4.68. The van der Waals surface area contributed by atoms with Gasteiger partial charge in [-0.25, -0.2) is 4.79 Å². The lowest BCUT2D eigenvalue weighted by atomic mass is 10.0. The normalized spacial score (nSPS) is 27.9. The number of ether oxygens (including phenoxy) is 1. The first-order chi connectivity index (χ1) is 14.0. The maximum atomic E-state index is 11.3. The van der Waals surface area contributed by atoms with Crippen LogP contribution in [0.4, 0.5) is 4.79 Å². The molecule has 1 aromatic heterocycles. The number of alkyl carbamates (subject to hydrolysis) is 1. The van der Waals surface area contributed by atoms with E-state index in [-0.39, 0.29) is 22.6 Å². The van der Waals surface area contributed by atoms with Gasteiger partial charge in [-0.3, -0.25) is 0 Å². The first-order valence-electron chi connectivity index (χ1n) is 11.4. The summed E-state index contributed by atoms with van der Waals surface area (Å²) in [5, 5.41) is 2.81. The Labute approximate surface area is 138 Å². The van der Waals surface area contributed by atoms with Gasteiger partial charge in [-0.15, -0.1) is 0 Å². The van der Waals surface area contributed by atoms with Crippen molar-refractivity contribution in [1.29, 1.82) is 0 Å². The highest BCUT2D eigenvalue weighted by atomic mass is 16.6. The minimum absolute atomic E-state index is 0.111. The standard InChI is InChI=1S/C16H21N3O2/c1-19(2)6-5-12-9-17-15-4-3-11(8-14(12)15)7-13-10-21-16(20)18-13/h3-4,8-9,13,17H,5-7,10H2,1-2H3,(H,18,20)/t13-/m0/s1/i1D3,2D3,6D2,7D2. The van der Waals surface area contributed by atoms with Crippen LogP contribution in [0, 0.1) is 0 Å². The molecule has 1 atom stereocenters. The van der Waals surface area contributed by atoms with Gasteiger partial charge in [0.15, 0.2) is 0 Å². The molecule has 1 fully saturated rings. The van der Waals surface area contributed by atoms with Crippen molar-refractivity contribution in [3.8, 4) is 0 Å². The number of nitrogens with zero attached hydrogens (tertiary/aromatic N) is 1. The van der Waals surface area contributed by atoms with Crippen LogP contribution in [0.1, 0.15) is 24.8 Å².